The van der Waals surface area contributed by atoms with Crippen LogP contribution >= 0.6 is 11.8 Å². The summed E-state index contributed by atoms with van der Waals surface area (Å²) in [7, 11) is 0. The van der Waals surface area contributed by atoms with E-state index >= 15 is 0 Å². The second kappa shape index (κ2) is 11.0. The number of hydrogen-bond donors (Lipinski definition) is 4. The van der Waals surface area contributed by atoms with Crippen molar-refractivity contribution in [2.24, 2.45) is 10.8 Å². The zero-order valence-electron chi connectivity index (χ0n) is 14.4. The maximum Gasteiger partial charge on any atom is 0.321 e. The Kier molecular flexibility index (Phi) is 9.90. The molecule has 0 fully saturated rings. The van der Waals surface area contributed by atoms with Crippen LogP contribution in [-0.2, 0) is 19.2 Å². The van der Waals surface area contributed by atoms with Gasteiger partial charge >= 0.3 is 23.9 Å². The number of hydrogen-bond acceptors (Lipinski definition) is 7. The van der Waals surface area contributed by atoms with Crippen LogP contribution in [0.1, 0.15) is 38.5 Å². The van der Waals surface area contributed by atoms with Gasteiger partial charge in [-0.15, -0.1) is 0 Å². The molecule has 11 heteroatoms. The first-order valence-corrected chi connectivity index (χ1v) is 9.01. The topological polar surface area (TPSA) is 197 Å². The Hall–Kier alpha value is -2.79. The van der Waals surface area contributed by atoms with Gasteiger partial charge in [0.2, 0.25) is 0 Å². The molecule has 0 atom stereocenters. The fourth-order valence-corrected chi connectivity index (χ4v) is 3.61. The maximum atomic E-state index is 11.4. The third-order valence-electron chi connectivity index (χ3n) is 4.31. The number of carboxylic acid groups (broad SMARTS) is 4. The van der Waals surface area contributed by atoms with Gasteiger partial charge in [0.1, 0.15) is 0 Å². The summed E-state index contributed by atoms with van der Waals surface area (Å²) in [5.41, 5.74) is -4.25. The fraction of sp³-hybridized carbons (Fsp3) is 0.625. The molecule has 0 heterocycles. The number of carbonyl (C=O) groups is 4. The molecule has 10 nitrogen and oxygen atoms in total. The van der Waals surface area contributed by atoms with E-state index in [2.05, 4.69) is 0 Å². The van der Waals surface area contributed by atoms with Crippen molar-refractivity contribution in [2.45, 2.75) is 38.5 Å². The molecule has 4 N–H and O–H groups in total. The molecule has 0 rings (SSSR count). The molecule has 0 unspecified atom stereocenters. The van der Waals surface area contributed by atoms with Gasteiger partial charge in [0.25, 0.3) is 0 Å². The molecule has 148 valence electrons. The second-order valence-corrected chi connectivity index (χ2v) is 7.04. The largest absolute Gasteiger partial charge is 0.480 e. The van der Waals surface area contributed by atoms with E-state index in [4.69, 9.17) is 10.5 Å². The zero-order valence-corrected chi connectivity index (χ0v) is 15.2. The van der Waals surface area contributed by atoms with Crippen LogP contribution in [0.4, 0.5) is 0 Å². The number of carboxylic acids is 4. The van der Waals surface area contributed by atoms with E-state index in [1.165, 1.54) is 0 Å². The van der Waals surface area contributed by atoms with Crippen LogP contribution in [0.15, 0.2) is 0 Å². The lowest BCUT2D eigenvalue weighted by atomic mass is 9.81. The Labute approximate surface area is 159 Å². The van der Waals surface area contributed by atoms with Crippen molar-refractivity contribution >= 4 is 35.6 Å². The normalized spacial score (nSPS) is 11.2. The maximum absolute atomic E-state index is 11.4. The second-order valence-electron chi connectivity index (χ2n) is 5.81. The molecule has 0 aliphatic rings. The number of thioether (sulfide) groups is 1. The molecule has 0 bridgehead atoms. The number of nitrogens with zero attached hydrogens (tertiary/aromatic N) is 2. The first kappa shape index (κ1) is 24.2. The van der Waals surface area contributed by atoms with Crippen molar-refractivity contribution in [3.8, 4) is 12.1 Å². The summed E-state index contributed by atoms with van der Waals surface area (Å²) in [6, 6.07) is 3.42. The van der Waals surface area contributed by atoms with Crippen LogP contribution in [0.5, 0.6) is 0 Å². The van der Waals surface area contributed by atoms with E-state index in [9.17, 15) is 39.6 Å². The monoisotopic (exact) mass is 400 g/mol. The molecule has 0 spiro atoms. The molecular formula is C16H20N2O8S. The summed E-state index contributed by atoms with van der Waals surface area (Å²) in [5, 5.41) is 54.2. The van der Waals surface area contributed by atoms with Crippen LogP contribution < -0.4 is 0 Å². The predicted octanol–water partition coefficient (Wildman–Crippen LogP) is 1.42. The Morgan fingerprint density at radius 3 is 1.19 bits per heavy atom. The lowest BCUT2D eigenvalue weighted by molar-refractivity contribution is -0.167. The number of aliphatic carboxylic acids is 4. The standard InChI is InChI=1S/C16H20N2O8S/c17-7-1-3-15(11(19)20,12(21)22)5-9-27-10-6-16(13(23)24,14(25)26)4-2-8-18/h1-6,9-10H2,(H,19,20)(H,21,22)(H,23,24)(H,25,26). The molecular weight excluding hydrogens is 380 g/mol. The molecule has 0 aromatic carbocycles. The molecule has 0 aromatic rings. The summed E-state index contributed by atoms with van der Waals surface area (Å²) in [4.78, 5) is 45.6. The Morgan fingerprint density at radius 2 is 0.963 bits per heavy atom. The van der Waals surface area contributed by atoms with Crippen molar-refractivity contribution in [2.75, 3.05) is 11.5 Å². The molecule has 0 aliphatic heterocycles. The van der Waals surface area contributed by atoms with Gasteiger partial charge in [-0.25, -0.2) is 0 Å². The molecule has 27 heavy (non-hydrogen) atoms. The van der Waals surface area contributed by atoms with Crippen molar-refractivity contribution in [1.29, 1.82) is 10.5 Å². The molecule has 0 aromatic heterocycles. The van der Waals surface area contributed by atoms with Gasteiger partial charge in [-0.3, -0.25) is 19.2 Å². The molecule has 0 saturated carbocycles. The third-order valence-corrected chi connectivity index (χ3v) is 5.30. The fourth-order valence-electron chi connectivity index (χ4n) is 2.42. The van der Waals surface area contributed by atoms with Crippen LogP contribution in [0, 0.1) is 33.5 Å². The van der Waals surface area contributed by atoms with E-state index in [0.717, 1.165) is 11.8 Å². The summed E-state index contributed by atoms with van der Waals surface area (Å²) >= 11 is 1.02. The highest BCUT2D eigenvalue weighted by Crippen LogP contribution is 2.34. The van der Waals surface area contributed by atoms with E-state index in [1.54, 1.807) is 12.1 Å². The van der Waals surface area contributed by atoms with Crippen LogP contribution in [0.2, 0.25) is 0 Å². The Morgan fingerprint density at radius 1 is 0.667 bits per heavy atom. The highest BCUT2D eigenvalue weighted by Gasteiger charge is 2.47. The Balaban J connectivity index is 4.97. The van der Waals surface area contributed by atoms with E-state index in [0.29, 0.717) is 0 Å². The SMILES string of the molecule is N#CCCC(CCSCCC(CCC#N)(C(=O)O)C(=O)O)(C(=O)O)C(=O)O. The van der Waals surface area contributed by atoms with Crippen molar-refractivity contribution in [3.63, 3.8) is 0 Å². The quantitative estimate of drug-likeness (QED) is 0.243. The van der Waals surface area contributed by atoms with Gasteiger partial charge < -0.3 is 20.4 Å². The molecule has 0 radical (unpaired) electrons. The van der Waals surface area contributed by atoms with Gasteiger partial charge in [0.15, 0.2) is 10.8 Å². The van der Waals surface area contributed by atoms with Crippen LogP contribution in [-0.4, -0.2) is 55.8 Å². The zero-order chi connectivity index (χ0) is 21.1. The summed E-state index contributed by atoms with van der Waals surface area (Å²) in [5.74, 6) is -6.21. The summed E-state index contributed by atoms with van der Waals surface area (Å²) in [6.07, 6.45) is -1.84. The van der Waals surface area contributed by atoms with E-state index < -0.39 is 34.7 Å². The Bertz CT molecular complexity index is 580. The minimum atomic E-state index is -2.12. The van der Waals surface area contributed by atoms with E-state index in [1.807, 2.05) is 0 Å². The van der Waals surface area contributed by atoms with Gasteiger partial charge in [-0.1, -0.05) is 0 Å². The molecule has 0 aliphatic carbocycles. The van der Waals surface area contributed by atoms with E-state index in [-0.39, 0.29) is 50.0 Å². The van der Waals surface area contributed by atoms with Crippen molar-refractivity contribution in [3.05, 3.63) is 0 Å². The third kappa shape index (κ3) is 6.15. The smallest absolute Gasteiger partial charge is 0.321 e. The highest BCUT2D eigenvalue weighted by molar-refractivity contribution is 7.99. The predicted molar refractivity (Wildman–Crippen MR) is 91.7 cm³/mol. The lowest BCUT2D eigenvalue weighted by Gasteiger charge is -2.25. The first-order chi connectivity index (χ1) is 12.6. The lowest BCUT2D eigenvalue weighted by Crippen LogP contribution is -2.40. The minimum Gasteiger partial charge on any atom is -0.480 e. The van der Waals surface area contributed by atoms with Crippen molar-refractivity contribution in [1.82, 2.24) is 0 Å². The molecule has 0 saturated heterocycles. The van der Waals surface area contributed by atoms with Gasteiger partial charge in [0, 0.05) is 12.8 Å². The van der Waals surface area contributed by atoms with Crippen LogP contribution in [0.3, 0.4) is 0 Å². The molecule has 0 amide bonds. The summed E-state index contributed by atoms with van der Waals surface area (Å²) < 4.78 is 0. The van der Waals surface area contributed by atoms with Crippen LogP contribution in [0.25, 0.3) is 0 Å². The number of nitriles is 2. The number of rotatable bonds is 14. The summed E-state index contributed by atoms with van der Waals surface area (Å²) in [6.45, 7) is 0. The average Bonchev–Trinajstić information content (AvgIpc) is 2.58. The van der Waals surface area contributed by atoms with Gasteiger partial charge in [-0.05, 0) is 37.2 Å². The highest BCUT2D eigenvalue weighted by atomic mass is 32.2. The minimum absolute atomic E-state index is 0.0254. The van der Waals surface area contributed by atoms with Crippen molar-refractivity contribution < 1.29 is 39.6 Å². The van der Waals surface area contributed by atoms with Gasteiger partial charge in [0.05, 0.1) is 12.1 Å². The first-order valence-electron chi connectivity index (χ1n) is 7.86. The average molecular weight is 400 g/mol. The van der Waals surface area contributed by atoms with Gasteiger partial charge in [-0.2, -0.15) is 22.3 Å².